The highest BCUT2D eigenvalue weighted by Gasteiger charge is 2.21. The van der Waals surface area contributed by atoms with Crippen molar-refractivity contribution < 1.29 is 19.1 Å². The van der Waals surface area contributed by atoms with E-state index < -0.39 is 18.5 Å². The van der Waals surface area contributed by atoms with Crippen LogP contribution in [-0.4, -0.2) is 25.6 Å². The van der Waals surface area contributed by atoms with Crippen molar-refractivity contribution in [3.63, 3.8) is 0 Å². The molecule has 1 aliphatic rings. The highest BCUT2D eigenvalue weighted by molar-refractivity contribution is 7.16. The van der Waals surface area contributed by atoms with Crippen molar-refractivity contribution in [2.75, 3.05) is 19.0 Å². The number of nitrogens with one attached hydrogen (secondary N) is 1. The number of carbonyl (C=O) groups excluding carboxylic acids is 2. The molecule has 3 rings (SSSR count). The first-order chi connectivity index (χ1) is 14.1. The SMILES string of the molecule is COc1ccccc1/C=C/C(=O)OCC(=O)Nc1sc2c(c1C#N)CCCCC2. The van der Waals surface area contributed by atoms with Crippen molar-refractivity contribution in [2.24, 2.45) is 0 Å². The topological polar surface area (TPSA) is 88.4 Å². The molecule has 1 N–H and O–H groups in total. The number of ether oxygens (including phenoxy) is 2. The normalized spacial score (nSPS) is 13.2. The number of para-hydroxylation sites is 1. The fourth-order valence-corrected chi connectivity index (χ4v) is 4.51. The van der Waals surface area contributed by atoms with Crippen LogP contribution in [0.3, 0.4) is 0 Å². The van der Waals surface area contributed by atoms with Gasteiger partial charge in [-0.15, -0.1) is 11.3 Å². The van der Waals surface area contributed by atoms with Gasteiger partial charge in [0.1, 0.15) is 16.8 Å². The number of fused-ring (bicyclic) bond motifs is 1. The fourth-order valence-electron chi connectivity index (χ4n) is 3.26. The Morgan fingerprint density at radius 3 is 2.83 bits per heavy atom. The molecule has 0 aliphatic heterocycles. The van der Waals surface area contributed by atoms with Gasteiger partial charge < -0.3 is 14.8 Å². The molecule has 1 amide bonds. The molecule has 7 heteroatoms. The number of hydrogen-bond donors (Lipinski definition) is 1. The number of nitrogens with zero attached hydrogens (tertiary/aromatic N) is 1. The summed E-state index contributed by atoms with van der Waals surface area (Å²) < 4.78 is 10.2. The second-order valence-electron chi connectivity index (χ2n) is 6.61. The molecule has 29 heavy (non-hydrogen) atoms. The van der Waals surface area contributed by atoms with Gasteiger partial charge in [-0.05, 0) is 43.4 Å². The first-order valence-corrected chi connectivity index (χ1v) is 10.3. The van der Waals surface area contributed by atoms with Crippen LogP contribution in [0.5, 0.6) is 5.75 Å². The first kappa shape index (κ1) is 20.6. The maximum Gasteiger partial charge on any atom is 0.331 e. The van der Waals surface area contributed by atoms with Crippen molar-refractivity contribution >= 4 is 34.3 Å². The molecule has 150 valence electrons. The molecule has 1 aromatic heterocycles. The molecule has 0 saturated heterocycles. The van der Waals surface area contributed by atoms with E-state index >= 15 is 0 Å². The Hall–Kier alpha value is -3.11. The van der Waals surface area contributed by atoms with Crippen LogP contribution in [0.25, 0.3) is 6.08 Å². The number of methoxy groups -OCH3 is 1. The van der Waals surface area contributed by atoms with Crippen molar-refractivity contribution in [3.05, 3.63) is 51.9 Å². The summed E-state index contributed by atoms with van der Waals surface area (Å²) in [4.78, 5) is 25.3. The lowest BCUT2D eigenvalue weighted by molar-refractivity contribution is -0.142. The third-order valence-electron chi connectivity index (χ3n) is 4.67. The van der Waals surface area contributed by atoms with Gasteiger partial charge in [0.05, 0.1) is 12.7 Å². The van der Waals surface area contributed by atoms with Gasteiger partial charge in [0, 0.05) is 16.5 Å². The maximum atomic E-state index is 12.2. The van der Waals surface area contributed by atoms with Crippen LogP contribution in [-0.2, 0) is 27.2 Å². The van der Waals surface area contributed by atoms with Gasteiger partial charge >= 0.3 is 5.97 Å². The Morgan fingerprint density at radius 1 is 1.24 bits per heavy atom. The highest BCUT2D eigenvalue weighted by Crippen LogP contribution is 2.36. The van der Waals surface area contributed by atoms with E-state index in [2.05, 4.69) is 11.4 Å². The predicted octanol–water partition coefficient (Wildman–Crippen LogP) is 4.09. The molecular weight excluding hydrogens is 388 g/mol. The largest absolute Gasteiger partial charge is 0.496 e. The summed E-state index contributed by atoms with van der Waals surface area (Å²) in [5.74, 6) is -0.457. The van der Waals surface area contributed by atoms with E-state index in [4.69, 9.17) is 9.47 Å². The molecule has 2 aromatic rings. The summed E-state index contributed by atoms with van der Waals surface area (Å²) in [6, 6.07) is 9.47. The number of aryl methyl sites for hydroxylation is 1. The van der Waals surface area contributed by atoms with Gasteiger partial charge in [0.2, 0.25) is 0 Å². The van der Waals surface area contributed by atoms with E-state index in [1.54, 1.807) is 25.3 Å². The minimum atomic E-state index is -0.631. The van der Waals surface area contributed by atoms with E-state index in [-0.39, 0.29) is 0 Å². The summed E-state index contributed by atoms with van der Waals surface area (Å²) in [6.07, 6.45) is 7.94. The molecule has 0 fully saturated rings. The zero-order chi connectivity index (χ0) is 20.6. The Kier molecular flexibility index (Phi) is 7.04. The average Bonchev–Trinajstić information content (AvgIpc) is 2.89. The maximum absolute atomic E-state index is 12.2. The van der Waals surface area contributed by atoms with E-state index in [0.29, 0.717) is 16.3 Å². The Balaban J connectivity index is 1.57. The summed E-state index contributed by atoms with van der Waals surface area (Å²) in [5.41, 5.74) is 2.33. The number of benzene rings is 1. The minimum absolute atomic E-state index is 0.414. The summed E-state index contributed by atoms with van der Waals surface area (Å²) >= 11 is 1.45. The lowest BCUT2D eigenvalue weighted by Gasteiger charge is -2.05. The molecular formula is C22H22N2O4S. The molecule has 0 unspecified atom stereocenters. The molecule has 0 bridgehead atoms. The van der Waals surface area contributed by atoms with Crippen LogP contribution >= 0.6 is 11.3 Å². The Morgan fingerprint density at radius 2 is 2.03 bits per heavy atom. The van der Waals surface area contributed by atoms with Crippen LogP contribution in [0, 0.1) is 11.3 Å². The van der Waals surface area contributed by atoms with Crippen LogP contribution in [0.1, 0.15) is 40.8 Å². The lowest BCUT2D eigenvalue weighted by atomic mass is 10.1. The number of esters is 1. The molecule has 1 heterocycles. The smallest absolute Gasteiger partial charge is 0.331 e. The number of amides is 1. The van der Waals surface area contributed by atoms with Gasteiger partial charge in [-0.2, -0.15) is 5.26 Å². The van der Waals surface area contributed by atoms with Crippen molar-refractivity contribution in [1.29, 1.82) is 5.26 Å². The third-order valence-corrected chi connectivity index (χ3v) is 5.88. The van der Waals surface area contributed by atoms with E-state index in [1.807, 2.05) is 12.1 Å². The Bertz CT molecular complexity index is 972. The molecule has 1 aromatic carbocycles. The molecule has 6 nitrogen and oxygen atoms in total. The zero-order valence-electron chi connectivity index (χ0n) is 16.2. The molecule has 0 radical (unpaired) electrons. The van der Waals surface area contributed by atoms with Crippen LogP contribution in [0.15, 0.2) is 30.3 Å². The molecule has 1 aliphatic carbocycles. The van der Waals surface area contributed by atoms with Gasteiger partial charge in [-0.1, -0.05) is 24.6 Å². The Labute approximate surface area is 173 Å². The quantitative estimate of drug-likeness (QED) is 0.440. The van der Waals surface area contributed by atoms with Crippen molar-refractivity contribution in [1.82, 2.24) is 0 Å². The minimum Gasteiger partial charge on any atom is -0.496 e. The number of thiophene rings is 1. The first-order valence-electron chi connectivity index (χ1n) is 9.44. The number of carbonyl (C=O) groups is 2. The predicted molar refractivity (Wildman–Crippen MR) is 112 cm³/mol. The second kappa shape index (κ2) is 9.89. The highest BCUT2D eigenvalue weighted by atomic mass is 32.1. The van der Waals surface area contributed by atoms with Gasteiger partial charge in [-0.3, -0.25) is 4.79 Å². The van der Waals surface area contributed by atoms with Crippen LogP contribution in [0.4, 0.5) is 5.00 Å². The summed E-state index contributed by atoms with van der Waals surface area (Å²) in [7, 11) is 1.55. The molecule has 0 saturated carbocycles. The lowest BCUT2D eigenvalue weighted by Crippen LogP contribution is -2.20. The number of hydrogen-bond acceptors (Lipinski definition) is 6. The monoisotopic (exact) mass is 410 g/mol. The van der Waals surface area contributed by atoms with E-state index in [9.17, 15) is 14.9 Å². The van der Waals surface area contributed by atoms with Crippen molar-refractivity contribution in [2.45, 2.75) is 32.1 Å². The fraction of sp³-hybridized carbons (Fsp3) is 0.318. The summed E-state index contributed by atoms with van der Waals surface area (Å²) in [6.45, 7) is -0.414. The number of rotatable bonds is 6. The van der Waals surface area contributed by atoms with Crippen LogP contribution in [0.2, 0.25) is 0 Å². The number of anilines is 1. The van der Waals surface area contributed by atoms with Gasteiger partial charge in [0.15, 0.2) is 6.61 Å². The number of nitriles is 1. The van der Waals surface area contributed by atoms with Crippen molar-refractivity contribution in [3.8, 4) is 11.8 Å². The van der Waals surface area contributed by atoms with E-state index in [0.717, 1.165) is 43.2 Å². The average molecular weight is 410 g/mol. The zero-order valence-corrected chi connectivity index (χ0v) is 17.0. The third kappa shape index (κ3) is 5.24. The van der Waals surface area contributed by atoms with Gasteiger partial charge in [-0.25, -0.2) is 4.79 Å². The van der Waals surface area contributed by atoms with Crippen LogP contribution < -0.4 is 10.1 Å². The molecule has 0 atom stereocenters. The standard InChI is InChI=1S/C22H22N2O4S/c1-27-18-9-6-5-7-15(18)11-12-21(26)28-14-20(25)24-22-17(13-23)16-8-3-2-4-10-19(16)29-22/h5-7,9,11-12H,2-4,8,10,14H2,1H3,(H,24,25)/b12-11+. The second-order valence-corrected chi connectivity index (χ2v) is 7.72. The van der Waals surface area contributed by atoms with E-state index in [1.165, 1.54) is 22.3 Å². The van der Waals surface area contributed by atoms with Gasteiger partial charge in [0.25, 0.3) is 5.91 Å². The summed E-state index contributed by atoms with van der Waals surface area (Å²) in [5, 5.41) is 12.8. The molecule has 0 spiro atoms.